The number of hydrazone groups is 1. The Balaban J connectivity index is 2.66. The van der Waals surface area contributed by atoms with Crippen LogP contribution in [0, 0.1) is 20.8 Å². The lowest BCUT2D eigenvalue weighted by Gasteiger charge is -2.16. The lowest BCUT2D eigenvalue weighted by atomic mass is 9.93. The van der Waals surface area contributed by atoms with Gasteiger partial charge in [0.05, 0.1) is 5.71 Å². The summed E-state index contributed by atoms with van der Waals surface area (Å²) in [7, 11) is 3.91. The maximum atomic E-state index is 4.75. The largest absolute Gasteiger partial charge is 0.303 e. The summed E-state index contributed by atoms with van der Waals surface area (Å²) in [5.41, 5.74) is 8.28. The molecule has 0 N–H and O–H groups in total. The molecule has 0 bridgehead atoms. The minimum absolute atomic E-state index is 1.00. The summed E-state index contributed by atoms with van der Waals surface area (Å²) in [6.07, 6.45) is 2.88. The summed E-state index contributed by atoms with van der Waals surface area (Å²) in [4.78, 5) is 4.30. The van der Waals surface area contributed by atoms with Gasteiger partial charge in [-0.1, -0.05) is 13.0 Å². The van der Waals surface area contributed by atoms with Gasteiger partial charge in [-0.05, 0) is 62.1 Å². The van der Waals surface area contributed by atoms with Gasteiger partial charge >= 0.3 is 0 Å². The van der Waals surface area contributed by atoms with Crippen LogP contribution in [0.3, 0.4) is 0 Å². The lowest BCUT2D eigenvalue weighted by molar-refractivity contribution is 0.438. The fourth-order valence-corrected chi connectivity index (χ4v) is 2.69. The standard InChI is InChI=1S/C19H25N3/c1-7-16-12-18(14(3)10-13(16)2)19(21-22(5)6)17-8-9-20-15(4)11-17/h8-12H,7H2,1-6H3/b21-19-. The summed E-state index contributed by atoms with van der Waals surface area (Å²) in [5, 5.41) is 6.60. The third-order valence-electron chi connectivity index (χ3n) is 3.79. The molecule has 1 aromatic heterocycles. The summed E-state index contributed by atoms with van der Waals surface area (Å²) >= 11 is 0. The normalized spacial score (nSPS) is 11.6. The Hall–Kier alpha value is -2.16. The number of benzene rings is 1. The highest BCUT2D eigenvalue weighted by Crippen LogP contribution is 2.21. The second-order valence-electron chi connectivity index (χ2n) is 5.93. The molecule has 0 unspecified atom stereocenters. The molecule has 0 amide bonds. The van der Waals surface area contributed by atoms with Crippen LogP contribution in [0.15, 0.2) is 35.6 Å². The van der Waals surface area contributed by atoms with Crippen LogP contribution in [-0.2, 0) is 6.42 Å². The molecular weight excluding hydrogens is 270 g/mol. The van der Waals surface area contributed by atoms with Crippen molar-refractivity contribution in [3.63, 3.8) is 0 Å². The fraction of sp³-hybridized carbons (Fsp3) is 0.368. The van der Waals surface area contributed by atoms with Gasteiger partial charge in [-0.15, -0.1) is 0 Å². The van der Waals surface area contributed by atoms with Crippen molar-refractivity contribution >= 4 is 5.71 Å². The van der Waals surface area contributed by atoms with Crippen LogP contribution in [0.2, 0.25) is 0 Å². The van der Waals surface area contributed by atoms with Crippen molar-refractivity contribution in [3.8, 4) is 0 Å². The van der Waals surface area contributed by atoms with Crippen LogP contribution >= 0.6 is 0 Å². The highest BCUT2D eigenvalue weighted by atomic mass is 15.4. The van der Waals surface area contributed by atoms with Crippen LogP contribution < -0.4 is 0 Å². The second-order valence-corrected chi connectivity index (χ2v) is 5.93. The van der Waals surface area contributed by atoms with Crippen LogP contribution in [0.25, 0.3) is 0 Å². The van der Waals surface area contributed by atoms with E-state index in [1.807, 2.05) is 38.3 Å². The molecule has 2 rings (SSSR count). The van der Waals surface area contributed by atoms with E-state index >= 15 is 0 Å². The first-order valence-electron chi connectivity index (χ1n) is 7.71. The molecule has 1 aromatic carbocycles. The summed E-state index contributed by atoms with van der Waals surface area (Å²) in [6.45, 7) is 8.53. The van der Waals surface area contributed by atoms with E-state index in [0.717, 1.165) is 23.4 Å². The number of nitrogens with zero attached hydrogens (tertiary/aromatic N) is 3. The van der Waals surface area contributed by atoms with Gasteiger partial charge in [-0.3, -0.25) is 4.98 Å². The van der Waals surface area contributed by atoms with Gasteiger partial charge < -0.3 is 5.01 Å². The quantitative estimate of drug-likeness (QED) is 0.632. The van der Waals surface area contributed by atoms with Crippen LogP contribution in [0.1, 0.15) is 40.4 Å². The molecular formula is C19H25N3. The number of hydrogen-bond acceptors (Lipinski definition) is 3. The van der Waals surface area contributed by atoms with E-state index in [2.05, 4.69) is 44.0 Å². The molecule has 0 aliphatic carbocycles. The molecule has 0 spiro atoms. The maximum Gasteiger partial charge on any atom is 0.0979 e. The topological polar surface area (TPSA) is 28.5 Å². The van der Waals surface area contributed by atoms with Crippen molar-refractivity contribution in [2.75, 3.05) is 14.1 Å². The van der Waals surface area contributed by atoms with E-state index in [9.17, 15) is 0 Å². The van der Waals surface area contributed by atoms with E-state index in [-0.39, 0.29) is 0 Å². The minimum atomic E-state index is 1.00. The van der Waals surface area contributed by atoms with Gasteiger partial charge in [-0.2, -0.15) is 5.10 Å². The van der Waals surface area contributed by atoms with E-state index in [1.54, 1.807) is 0 Å². The highest BCUT2D eigenvalue weighted by Gasteiger charge is 2.13. The van der Waals surface area contributed by atoms with E-state index < -0.39 is 0 Å². The van der Waals surface area contributed by atoms with Crippen LogP contribution in [-0.4, -0.2) is 29.8 Å². The van der Waals surface area contributed by atoms with Crippen LogP contribution in [0.4, 0.5) is 0 Å². The zero-order valence-electron chi connectivity index (χ0n) is 14.4. The molecule has 116 valence electrons. The average molecular weight is 295 g/mol. The van der Waals surface area contributed by atoms with Gasteiger partial charge in [0, 0.05) is 37.1 Å². The molecule has 0 atom stereocenters. The van der Waals surface area contributed by atoms with Crippen LogP contribution in [0.5, 0.6) is 0 Å². The Bertz CT molecular complexity index is 700. The lowest BCUT2D eigenvalue weighted by Crippen LogP contribution is -2.14. The smallest absolute Gasteiger partial charge is 0.0979 e. The molecule has 0 saturated carbocycles. The highest BCUT2D eigenvalue weighted by molar-refractivity contribution is 6.13. The van der Waals surface area contributed by atoms with Crippen molar-refractivity contribution in [2.45, 2.75) is 34.1 Å². The van der Waals surface area contributed by atoms with Gasteiger partial charge in [0.1, 0.15) is 0 Å². The molecule has 0 aliphatic heterocycles. The first-order chi connectivity index (χ1) is 10.4. The maximum absolute atomic E-state index is 4.75. The first kappa shape index (κ1) is 16.2. The van der Waals surface area contributed by atoms with Gasteiger partial charge in [-0.25, -0.2) is 0 Å². The van der Waals surface area contributed by atoms with E-state index in [0.29, 0.717) is 0 Å². The molecule has 2 aromatic rings. The predicted molar refractivity (Wildman–Crippen MR) is 93.6 cm³/mol. The van der Waals surface area contributed by atoms with Gasteiger partial charge in [0.15, 0.2) is 0 Å². The predicted octanol–water partition coefficient (Wildman–Crippen LogP) is 3.88. The summed E-state index contributed by atoms with van der Waals surface area (Å²) < 4.78 is 0. The monoisotopic (exact) mass is 295 g/mol. The van der Waals surface area contributed by atoms with Crippen molar-refractivity contribution in [2.24, 2.45) is 5.10 Å². The Kier molecular flexibility index (Phi) is 4.96. The number of pyridine rings is 1. The number of aryl methyl sites for hydroxylation is 4. The zero-order valence-corrected chi connectivity index (χ0v) is 14.4. The third kappa shape index (κ3) is 3.53. The minimum Gasteiger partial charge on any atom is -0.303 e. The third-order valence-corrected chi connectivity index (χ3v) is 3.79. The Morgan fingerprint density at radius 1 is 1.09 bits per heavy atom. The van der Waals surface area contributed by atoms with Crippen molar-refractivity contribution in [1.29, 1.82) is 0 Å². The second kappa shape index (κ2) is 6.73. The SMILES string of the molecule is CCc1cc(/C(=N\N(C)C)c2ccnc(C)c2)c(C)cc1C. The van der Waals surface area contributed by atoms with Gasteiger partial charge in [0.2, 0.25) is 0 Å². The molecule has 0 aliphatic rings. The molecule has 1 heterocycles. The number of aromatic nitrogens is 1. The van der Waals surface area contributed by atoms with Crippen molar-refractivity contribution in [1.82, 2.24) is 9.99 Å². The Labute approximate surface area is 133 Å². The molecule has 3 heteroatoms. The van der Waals surface area contributed by atoms with Crippen molar-refractivity contribution < 1.29 is 0 Å². The molecule has 22 heavy (non-hydrogen) atoms. The average Bonchev–Trinajstić information content (AvgIpc) is 2.45. The summed E-state index contributed by atoms with van der Waals surface area (Å²) in [6, 6.07) is 8.66. The van der Waals surface area contributed by atoms with E-state index in [1.165, 1.54) is 22.3 Å². The Morgan fingerprint density at radius 2 is 1.82 bits per heavy atom. The molecule has 3 nitrogen and oxygen atoms in total. The fourth-order valence-electron chi connectivity index (χ4n) is 2.69. The van der Waals surface area contributed by atoms with Crippen molar-refractivity contribution in [3.05, 3.63) is 64.0 Å². The zero-order chi connectivity index (χ0) is 16.3. The van der Waals surface area contributed by atoms with E-state index in [4.69, 9.17) is 5.10 Å². The number of hydrogen-bond donors (Lipinski definition) is 0. The summed E-state index contributed by atoms with van der Waals surface area (Å²) in [5.74, 6) is 0. The first-order valence-corrected chi connectivity index (χ1v) is 7.71. The molecule has 0 radical (unpaired) electrons. The molecule has 0 saturated heterocycles. The van der Waals surface area contributed by atoms with Gasteiger partial charge in [0.25, 0.3) is 0 Å². The number of rotatable bonds is 4. The Morgan fingerprint density at radius 3 is 2.41 bits per heavy atom. The molecule has 0 fully saturated rings.